The molecule has 17 heavy (non-hydrogen) atoms. The van der Waals surface area contributed by atoms with Gasteiger partial charge < -0.3 is 10.1 Å². The molecule has 0 bridgehead atoms. The molecule has 1 aromatic rings. The molecule has 0 unspecified atom stereocenters. The van der Waals surface area contributed by atoms with Gasteiger partial charge in [0.15, 0.2) is 6.61 Å². The van der Waals surface area contributed by atoms with E-state index >= 15 is 0 Å². The molecular weight excluding hydrogens is 284 g/mol. The van der Waals surface area contributed by atoms with Crippen molar-refractivity contribution in [3.05, 3.63) is 27.2 Å². The predicted molar refractivity (Wildman–Crippen MR) is 70.2 cm³/mol. The first-order chi connectivity index (χ1) is 7.90. The van der Waals surface area contributed by atoms with E-state index in [9.17, 15) is 4.79 Å². The first-order valence-corrected chi connectivity index (χ1v) is 6.10. The molecule has 1 N–H and O–H groups in total. The maximum Gasteiger partial charge on any atom is 0.258 e. The molecule has 0 spiro atoms. The maximum absolute atomic E-state index is 11.4. The first kappa shape index (κ1) is 14.4. The van der Waals surface area contributed by atoms with E-state index < -0.39 is 0 Å². The Kier molecular flexibility index (Phi) is 5.37. The van der Waals surface area contributed by atoms with Gasteiger partial charge in [-0.3, -0.25) is 4.79 Å². The molecule has 6 heteroatoms. The van der Waals surface area contributed by atoms with Crippen LogP contribution in [-0.4, -0.2) is 18.6 Å². The lowest BCUT2D eigenvalue weighted by atomic mass is 10.3. The van der Waals surface area contributed by atoms with Gasteiger partial charge in [-0.25, -0.2) is 0 Å². The second kappa shape index (κ2) is 6.34. The summed E-state index contributed by atoms with van der Waals surface area (Å²) in [5, 5.41) is 3.68. The summed E-state index contributed by atoms with van der Waals surface area (Å²) in [6.45, 7) is 3.62. The summed E-state index contributed by atoms with van der Waals surface area (Å²) in [7, 11) is 0. The molecule has 0 aliphatic heterocycles. The van der Waals surface area contributed by atoms with E-state index in [2.05, 4.69) is 5.32 Å². The van der Waals surface area contributed by atoms with E-state index in [1.54, 1.807) is 0 Å². The summed E-state index contributed by atoms with van der Waals surface area (Å²) in [5.41, 5.74) is 0. The molecule has 3 nitrogen and oxygen atoms in total. The average molecular weight is 297 g/mol. The minimum absolute atomic E-state index is 0.0652. The Morgan fingerprint density at radius 1 is 1.24 bits per heavy atom. The van der Waals surface area contributed by atoms with Crippen LogP contribution in [0.5, 0.6) is 5.75 Å². The highest BCUT2D eigenvalue weighted by Crippen LogP contribution is 2.33. The minimum atomic E-state index is -0.220. The number of rotatable bonds is 4. The van der Waals surface area contributed by atoms with Crippen LogP contribution in [0.25, 0.3) is 0 Å². The molecular formula is C11H12Cl3NO2. The van der Waals surface area contributed by atoms with Crippen molar-refractivity contribution < 1.29 is 9.53 Å². The van der Waals surface area contributed by atoms with Crippen molar-refractivity contribution in [3.63, 3.8) is 0 Å². The standard InChI is InChI=1S/C11H12Cl3NO2/c1-6(2)15-11(16)5-17-10-4-8(13)7(12)3-9(10)14/h3-4,6H,5H2,1-2H3,(H,15,16). The van der Waals surface area contributed by atoms with Crippen molar-refractivity contribution in [2.75, 3.05) is 6.61 Å². The number of halogens is 3. The fourth-order valence-corrected chi connectivity index (χ4v) is 1.71. The highest BCUT2D eigenvalue weighted by molar-refractivity contribution is 6.43. The Morgan fingerprint density at radius 2 is 1.82 bits per heavy atom. The van der Waals surface area contributed by atoms with Gasteiger partial charge in [-0.15, -0.1) is 0 Å². The zero-order valence-corrected chi connectivity index (χ0v) is 11.7. The van der Waals surface area contributed by atoms with Gasteiger partial charge in [0.2, 0.25) is 0 Å². The fourth-order valence-electron chi connectivity index (χ4n) is 1.12. The van der Waals surface area contributed by atoms with Gasteiger partial charge in [-0.2, -0.15) is 0 Å². The van der Waals surface area contributed by atoms with Gasteiger partial charge in [-0.05, 0) is 19.9 Å². The van der Waals surface area contributed by atoms with E-state index in [4.69, 9.17) is 39.5 Å². The summed E-state index contributed by atoms with van der Waals surface area (Å²) >= 11 is 17.5. The summed E-state index contributed by atoms with van der Waals surface area (Å²) in [5.74, 6) is 0.113. The summed E-state index contributed by atoms with van der Waals surface area (Å²) < 4.78 is 5.25. The van der Waals surface area contributed by atoms with E-state index in [1.165, 1.54) is 12.1 Å². The number of amides is 1. The zero-order chi connectivity index (χ0) is 13.0. The van der Waals surface area contributed by atoms with Crippen LogP contribution in [0.15, 0.2) is 12.1 Å². The van der Waals surface area contributed by atoms with Crippen molar-refractivity contribution in [2.24, 2.45) is 0 Å². The third kappa shape index (κ3) is 4.62. The molecule has 0 saturated heterocycles. The number of carbonyl (C=O) groups excluding carboxylic acids is 1. The lowest BCUT2D eigenvalue weighted by Crippen LogP contribution is -2.34. The molecule has 0 aliphatic rings. The van der Waals surface area contributed by atoms with Crippen molar-refractivity contribution in [2.45, 2.75) is 19.9 Å². The van der Waals surface area contributed by atoms with Gasteiger partial charge in [0.05, 0.1) is 15.1 Å². The Hall–Kier alpha value is -0.640. The van der Waals surface area contributed by atoms with Crippen LogP contribution in [0.3, 0.4) is 0 Å². The van der Waals surface area contributed by atoms with Crippen LogP contribution < -0.4 is 10.1 Å². The molecule has 0 saturated carbocycles. The van der Waals surface area contributed by atoms with Crippen LogP contribution in [-0.2, 0) is 4.79 Å². The SMILES string of the molecule is CC(C)NC(=O)COc1cc(Cl)c(Cl)cc1Cl. The van der Waals surface area contributed by atoms with Crippen LogP contribution in [0, 0.1) is 0 Å². The molecule has 0 heterocycles. The van der Waals surface area contributed by atoms with Crippen molar-refractivity contribution in [3.8, 4) is 5.75 Å². The molecule has 94 valence electrons. The van der Waals surface area contributed by atoms with Crippen molar-refractivity contribution in [1.29, 1.82) is 0 Å². The van der Waals surface area contributed by atoms with Gasteiger partial charge in [-0.1, -0.05) is 34.8 Å². The monoisotopic (exact) mass is 295 g/mol. The van der Waals surface area contributed by atoms with E-state index in [0.29, 0.717) is 20.8 Å². The lowest BCUT2D eigenvalue weighted by Gasteiger charge is -2.11. The second-order valence-electron chi connectivity index (χ2n) is 3.71. The number of nitrogens with one attached hydrogen (secondary N) is 1. The molecule has 0 fully saturated rings. The van der Waals surface area contributed by atoms with Crippen LogP contribution >= 0.6 is 34.8 Å². The van der Waals surface area contributed by atoms with E-state index in [0.717, 1.165) is 0 Å². The first-order valence-electron chi connectivity index (χ1n) is 4.97. The van der Waals surface area contributed by atoms with Crippen molar-refractivity contribution in [1.82, 2.24) is 5.32 Å². The number of hydrogen-bond donors (Lipinski definition) is 1. The number of benzene rings is 1. The fraction of sp³-hybridized carbons (Fsp3) is 0.364. The highest BCUT2D eigenvalue weighted by Gasteiger charge is 2.09. The molecule has 0 aliphatic carbocycles. The maximum atomic E-state index is 11.4. The second-order valence-corrected chi connectivity index (χ2v) is 4.93. The third-order valence-electron chi connectivity index (χ3n) is 1.78. The average Bonchev–Trinajstić information content (AvgIpc) is 2.20. The smallest absolute Gasteiger partial charge is 0.258 e. The Morgan fingerprint density at radius 3 is 2.41 bits per heavy atom. The number of carbonyl (C=O) groups is 1. The molecule has 1 rings (SSSR count). The highest BCUT2D eigenvalue weighted by atomic mass is 35.5. The summed E-state index contributed by atoms with van der Waals surface area (Å²) in [6.07, 6.45) is 0. The summed E-state index contributed by atoms with van der Waals surface area (Å²) in [6, 6.07) is 3.02. The molecule has 0 aromatic heterocycles. The molecule has 1 aromatic carbocycles. The van der Waals surface area contributed by atoms with Crippen LogP contribution in [0.2, 0.25) is 15.1 Å². The van der Waals surface area contributed by atoms with Gasteiger partial charge in [0.1, 0.15) is 5.75 Å². The van der Waals surface area contributed by atoms with Gasteiger partial charge >= 0.3 is 0 Å². The van der Waals surface area contributed by atoms with Crippen LogP contribution in [0.4, 0.5) is 0 Å². The topological polar surface area (TPSA) is 38.3 Å². The lowest BCUT2D eigenvalue weighted by molar-refractivity contribution is -0.123. The molecule has 1 amide bonds. The molecule has 0 atom stereocenters. The van der Waals surface area contributed by atoms with Crippen LogP contribution in [0.1, 0.15) is 13.8 Å². The van der Waals surface area contributed by atoms with E-state index in [-0.39, 0.29) is 18.6 Å². The largest absolute Gasteiger partial charge is 0.482 e. The summed E-state index contributed by atoms with van der Waals surface area (Å²) in [4.78, 5) is 11.4. The number of hydrogen-bond acceptors (Lipinski definition) is 2. The Labute approximate surface area is 115 Å². The van der Waals surface area contributed by atoms with Gasteiger partial charge in [0.25, 0.3) is 5.91 Å². The predicted octanol–water partition coefficient (Wildman–Crippen LogP) is 3.55. The third-order valence-corrected chi connectivity index (χ3v) is 2.80. The molecule has 0 radical (unpaired) electrons. The Balaban J connectivity index is 2.63. The number of ether oxygens (including phenoxy) is 1. The van der Waals surface area contributed by atoms with Crippen molar-refractivity contribution >= 4 is 40.7 Å². The van der Waals surface area contributed by atoms with Gasteiger partial charge in [0, 0.05) is 12.1 Å². The zero-order valence-electron chi connectivity index (χ0n) is 9.39. The quantitative estimate of drug-likeness (QED) is 0.863. The normalized spacial score (nSPS) is 10.5. The van der Waals surface area contributed by atoms with E-state index in [1.807, 2.05) is 13.8 Å². The minimum Gasteiger partial charge on any atom is -0.482 e. The Bertz CT molecular complexity index is 421.